The lowest BCUT2D eigenvalue weighted by atomic mass is 10.1. The van der Waals surface area contributed by atoms with Gasteiger partial charge in [-0.15, -0.1) is 0 Å². The van der Waals surface area contributed by atoms with Crippen molar-refractivity contribution in [3.05, 3.63) is 34.9 Å². The van der Waals surface area contributed by atoms with E-state index in [4.69, 9.17) is 16.3 Å². The minimum absolute atomic E-state index is 0.318. The van der Waals surface area contributed by atoms with Gasteiger partial charge in [0.05, 0.1) is 0 Å². The van der Waals surface area contributed by atoms with Crippen molar-refractivity contribution < 1.29 is 4.74 Å². The van der Waals surface area contributed by atoms with Crippen LogP contribution in [0.1, 0.15) is 25.5 Å². The zero-order valence-corrected chi connectivity index (χ0v) is 10.9. The molecule has 0 aliphatic rings. The van der Waals surface area contributed by atoms with E-state index in [-0.39, 0.29) is 0 Å². The summed E-state index contributed by atoms with van der Waals surface area (Å²) in [5.74, 6) is 0.520. The molecule has 2 atom stereocenters. The minimum atomic E-state index is 0.318. The average molecular weight is 242 g/mol. The van der Waals surface area contributed by atoms with Crippen molar-refractivity contribution >= 4 is 11.6 Å². The maximum absolute atomic E-state index is 5.95. The van der Waals surface area contributed by atoms with Crippen LogP contribution in [0.2, 0.25) is 5.02 Å². The number of ether oxygens (including phenoxy) is 1. The Hall–Kier alpha value is -0.570. The highest BCUT2D eigenvalue weighted by atomic mass is 35.5. The van der Waals surface area contributed by atoms with E-state index < -0.39 is 0 Å². The molecule has 3 heteroatoms. The van der Waals surface area contributed by atoms with Crippen molar-refractivity contribution in [3.63, 3.8) is 0 Å². The van der Waals surface area contributed by atoms with Crippen molar-refractivity contribution in [2.45, 2.75) is 19.9 Å². The van der Waals surface area contributed by atoms with Gasteiger partial charge in [0.2, 0.25) is 0 Å². The van der Waals surface area contributed by atoms with Crippen LogP contribution in [-0.4, -0.2) is 20.3 Å². The third-order valence-electron chi connectivity index (χ3n) is 2.57. The summed E-state index contributed by atoms with van der Waals surface area (Å²) in [6.45, 7) is 6.04. The molecular formula is C13H20ClNO. The van der Waals surface area contributed by atoms with E-state index in [1.54, 1.807) is 7.11 Å². The van der Waals surface area contributed by atoms with Crippen LogP contribution in [0.4, 0.5) is 0 Å². The second-order valence-corrected chi connectivity index (χ2v) is 4.68. The Morgan fingerprint density at radius 3 is 2.75 bits per heavy atom. The van der Waals surface area contributed by atoms with E-state index >= 15 is 0 Å². The second-order valence-electron chi connectivity index (χ2n) is 4.25. The van der Waals surface area contributed by atoms with Gasteiger partial charge in [0.25, 0.3) is 0 Å². The Bertz CT molecular complexity index is 317. The molecule has 0 aliphatic heterocycles. The maximum Gasteiger partial charge on any atom is 0.0499 e. The van der Waals surface area contributed by atoms with E-state index in [1.807, 2.05) is 18.2 Å². The lowest BCUT2D eigenvalue weighted by molar-refractivity contribution is 0.157. The first kappa shape index (κ1) is 13.5. The number of rotatable bonds is 6. The summed E-state index contributed by atoms with van der Waals surface area (Å²) in [4.78, 5) is 0. The van der Waals surface area contributed by atoms with Crippen molar-refractivity contribution in [3.8, 4) is 0 Å². The summed E-state index contributed by atoms with van der Waals surface area (Å²) in [6.07, 6.45) is 0. The van der Waals surface area contributed by atoms with Gasteiger partial charge in [-0.05, 0) is 30.5 Å². The fourth-order valence-corrected chi connectivity index (χ4v) is 1.81. The van der Waals surface area contributed by atoms with E-state index in [9.17, 15) is 0 Å². The summed E-state index contributed by atoms with van der Waals surface area (Å²) in [6, 6.07) is 8.28. The van der Waals surface area contributed by atoms with Gasteiger partial charge in [0.1, 0.15) is 0 Å². The Labute approximate surface area is 103 Å². The molecule has 0 amide bonds. The lowest BCUT2D eigenvalue weighted by Gasteiger charge is -2.17. The molecule has 0 saturated heterocycles. The van der Waals surface area contributed by atoms with E-state index in [1.165, 1.54) is 5.56 Å². The molecule has 0 saturated carbocycles. The number of halogens is 1. The summed E-state index contributed by atoms with van der Waals surface area (Å²) < 4.78 is 5.10. The van der Waals surface area contributed by atoms with Crippen LogP contribution in [0.15, 0.2) is 24.3 Å². The largest absolute Gasteiger partial charge is 0.384 e. The maximum atomic E-state index is 5.95. The first-order chi connectivity index (χ1) is 7.63. The summed E-state index contributed by atoms with van der Waals surface area (Å²) in [5.41, 5.74) is 1.22. The second kappa shape index (κ2) is 6.89. The third kappa shape index (κ3) is 4.52. The number of hydrogen-bond donors (Lipinski definition) is 1. The van der Waals surface area contributed by atoms with Crippen LogP contribution in [0.25, 0.3) is 0 Å². The molecule has 2 unspecified atom stereocenters. The van der Waals surface area contributed by atoms with Gasteiger partial charge in [0, 0.05) is 31.3 Å². The molecule has 90 valence electrons. The quantitative estimate of drug-likeness (QED) is 0.826. The summed E-state index contributed by atoms with van der Waals surface area (Å²) >= 11 is 5.95. The fraction of sp³-hybridized carbons (Fsp3) is 0.538. The number of benzene rings is 1. The smallest absolute Gasteiger partial charge is 0.0499 e. The molecule has 0 fully saturated rings. The van der Waals surface area contributed by atoms with Gasteiger partial charge in [-0.2, -0.15) is 0 Å². The van der Waals surface area contributed by atoms with E-state index in [2.05, 4.69) is 25.2 Å². The number of methoxy groups -OCH3 is 1. The molecule has 1 aromatic rings. The van der Waals surface area contributed by atoms with Gasteiger partial charge in [-0.25, -0.2) is 0 Å². The third-order valence-corrected chi connectivity index (χ3v) is 2.81. The number of nitrogens with one attached hydrogen (secondary N) is 1. The fourth-order valence-electron chi connectivity index (χ4n) is 1.62. The molecule has 0 heterocycles. The normalized spacial score (nSPS) is 14.8. The molecule has 1 aromatic carbocycles. The molecule has 1 rings (SSSR count). The average Bonchev–Trinajstić information content (AvgIpc) is 2.26. The Morgan fingerprint density at radius 2 is 2.12 bits per heavy atom. The molecule has 16 heavy (non-hydrogen) atoms. The predicted molar refractivity (Wildman–Crippen MR) is 68.9 cm³/mol. The molecule has 0 aliphatic carbocycles. The molecule has 2 nitrogen and oxygen atoms in total. The minimum Gasteiger partial charge on any atom is -0.384 e. The van der Waals surface area contributed by atoms with Gasteiger partial charge >= 0.3 is 0 Å². The highest BCUT2D eigenvalue weighted by Crippen LogP contribution is 2.17. The van der Waals surface area contributed by atoms with Crippen molar-refractivity contribution in [2.75, 3.05) is 20.3 Å². The van der Waals surface area contributed by atoms with Gasteiger partial charge in [0.15, 0.2) is 0 Å². The van der Waals surface area contributed by atoms with Gasteiger partial charge < -0.3 is 10.1 Å². The lowest BCUT2D eigenvalue weighted by Crippen LogP contribution is -2.26. The SMILES string of the molecule is COCC(C)CNC(C)c1cccc(Cl)c1. The topological polar surface area (TPSA) is 21.3 Å². The molecular weight excluding hydrogens is 222 g/mol. The highest BCUT2D eigenvalue weighted by Gasteiger charge is 2.07. The zero-order valence-electron chi connectivity index (χ0n) is 10.2. The van der Waals surface area contributed by atoms with Crippen LogP contribution in [0, 0.1) is 5.92 Å². The molecule has 0 aromatic heterocycles. The Kier molecular flexibility index (Phi) is 5.81. The monoisotopic (exact) mass is 241 g/mol. The highest BCUT2D eigenvalue weighted by molar-refractivity contribution is 6.30. The van der Waals surface area contributed by atoms with Crippen LogP contribution < -0.4 is 5.32 Å². The Balaban J connectivity index is 2.43. The van der Waals surface area contributed by atoms with Crippen LogP contribution >= 0.6 is 11.6 Å². The summed E-state index contributed by atoms with van der Waals surface area (Å²) in [5, 5.41) is 4.26. The van der Waals surface area contributed by atoms with Gasteiger partial charge in [-0.3, -0.25) is 0 Å². The van der Waals surface area contributed by atoms with Crippen molar-refractivity contribution in [1.82, 2.24) is 5.32 Å². The number of hydrogen-bond acceptors (Lipinski definition) is 2. The first-order valence-electron chi connectivity index (χ1n) is 5.61. The van der Waals surface area contributed by atoms with E-state index in [0.717, 1.165) is 18.2 Å². The first-order valence-corrected chi connectivity index (χ1v) is 5.99. The summed E-state index contributed by atoms with van der Waals surface area (Å²) in [7, 11) is 1.73. The van der Waals surface area contributed by atoms with Gasteiger partial charge in [-0.1, -0.05) is 30.7 Å². The Morgan fingerprint density at radius 1 is 1.38 bits per heavy atom. The van der Waals surface area contributed by atoms with Crippen LogP contribution in [0.3, 0.4) is 0 Å². The van der Waals surface area contributed by atoms with Crippen LogP contribution in [-0.2, 0) is 4.74 Å². The van der Waals surface area contributed by atoms with E-state index in [0.29, 0.717) is 12.0 Å². The standard InChI is InChI=1S/C13H20ClNO/c1-10(9-16-3)8-15-11(2)12-5-4-6-13(14)7-12/h4-7,10-11,15H,8-9H2,1-3H3. The molecule has 0 spiro atoms. The zero-order chi connectivity index (χ0) is 12.0. The molecule has 0 radical (unpaired) electrons. The predicted octanol–water partition coefficient (Wildman–Crippen LogP) is 3.27. The molecule has 1 N–H and O–H groups in total. The van der Waals surface area contributed by atoms with Crippen molar-refractivity contribution in [1.29, 1.82) is 0 Å². The molecule has 0 bridgehead atoms. The van der Waals surface area contributed by atoms with Crippen LogP contribution in [0.5, 0.6) is 0 Å². The van der Waals surface area contributed by atoms with Crippen molar-refractivity contribution in [2.24, 2.45) is 5.92 Å².